The average molecular weight is 612 g/mol. The maximum Gasteiger partial charge on any atom is 0.174 e. The molecule has 4 aromatic rings. The molecule has 0 radical (unpaired) electrons. The topological polar surface area (TPSA) is 51.6 Å². The summed E-state index contributed by atoms with van der Waals surface area (Å²) in [4.78, 5) is 6.81. The van der Waals surface area contributed by atoms with Crippen molar-refractivity contribution in [1.82, 2.24) is 14.9 Å². The summed E-state index contributed by atoms with van der Waals surface area (Å²) in [5.41, 5.74) is 6.31. The van der Waals surface area contributed by atoms with Gasteiger partial charge in [0.25, 0.3) is 0 Å². The van der Waals surface area contributed by atoms with Crippen molar-refractivity contribution < 1.29 is 9.47 Å². The Labute approximate surface area is 241 Å². The fourth-order valence-electron chi connectivity index (χ4n) is 5.04. The van der Waals surface area contributed by atoms with Crippen molar-refractivity contribution in [2.45, 2.75) is 25.9 Å². The lowest BCUT2D eigenvalue weighted by molar-refractivity contribution is 0.146. The number of aromatic nitrogens is 2. The molecule has 1 saturated heterocycles. The highest BCUT2D eigenvalue weighted by molar-refractivity contribution is 9.10. The van der Waals surface area contributed by atoms with Gasteiger partial charge in [-0.25, -0.2) is 0 Å². The second kappa shape index (κ2) is 11.5. The number of hydrogen-bond acceptors (Lipinski definition) is 4. The zero-order valence-corrected chi connectivity index (χ0v) is 24.5. The summed E-state index contributed by atoms with van der Waals surface area (Å²) in [6.07, 6.45) is 1.81. The highest BCUT2D eigenvalue weighted by Gasteiger charge is 2.42. The molecule has 0 aliphatic carbocycles. The van der Waals surface area contributed by atoms with Crippen molar-refractivity contribution in [2.75, 3.05) is 25.2 Å². The van der Waals surface area contributed by atoms with Gasteiger partial charge in [-0.3, -0.25) is 4.98 Å². The van der Waals surface area contributed by atoms with E-state index in [0.717, 1.165) is 38.5 Å². The average Bonchev–Trinajstić information content (AvgIpc) is 3.40. The minimum Gasteiger partial charge on any atom is -0.490 e. The number of benzene rings is 2. The van der Waals surface area contributed by atoms with Crippen molar-refractivity contribution in [2.24, 2.45) is 0 Å². The van der Waals surface area contributed by atoms with Crippen LogP contribution in [0.1, 0.15) is 34.7 Å². The number of nitrogens with one attached hydrogen (secondary N) is 1. The van der Waals surface area contributed by atoms with Gasteiger partial charge < -0.3 is 24.3 Å². The van der Waals surface area contributed by atoms with Crippen LogP contribution in [0.4, 0.5) is 5.69 Å². The molecule has 0 saturated carbocycles. The van der Waals surface area contributed by atoms with Crippen LogP contribution in [0, 0.1) is 13.8 Å². The van der Waals surface area contributed by atoms with Crippen molar-refractivity contribution in [1.29, 1.82) is 0 Å². The molecule has 0 bridgehead atoms. The number of ether oxygens (including phenoxy) is 2. The quantitative estimate of drug-likeness (QED) is 0.169. The molecule has 196 valence electrons. The smallest absolute Gasteiger partial charge is 0.174 e. The van der Waals surface area contributed by atoms with E-state index in [-0.39, 0.29) is 12.1 Å². The molecule has 1 aliphatic rings. The molecular formula is C29H28BrClN4O2S. The van der Waals surface area contributed by atoms with Crippen LogP contribution in [-0.4, -0.2) is 35.0 Å². The second-order valence-electron chi connectivity index (χ2n) is 9.09. The number of pyridine rings is 1. The molecule has 0 spiro atoms. The summed E-state index contributed by atoms with van der Waals surface area (Å²) in [7, 11) is 1.64. The first-order valence-corrected chi connectivity index (χ1v) is 13.8. The second-order valence-corrected chi connectivity index (χ2v) is 10.8. The van der Waals surface area contributed by atoms with Crippen LogP contribution in [0.3, 0.4) is 0 Å². The van der Waals surface area contributed by atoms with Crippen molar-refractivity contribution >= 4 is 50.5 Å². The molecule has 1 N–H and O–H groups in total. The SMILES string of the molecule is COCCOc1ccc(N2C(=S)N[C@@H](c3ccccn3)[C@H]2c2cc(C)n(-c3cccc(Br)c3)c2C)cc1Cl. The molecule has 2 atom stereocenters. The Hall–Kier alpha value is -2.91. The van der Waals surface area contributed by atoms with Crippen molar-refractivity contribution in [3.05, 3.63) is 105 Å². The highest BCUT2D eigenvalue weighted by Crippen LogP contribution is 2.45. The van der Waals surface area contributed by atoms with Gasteiger partial charge in [0.05, 0.1) is 29.4 Å². The largest absolute Gasteiger partial charge is 0.490 e. The number of thiocarbonyl (C=S) groups is 1. The highest BCUT2D eigenvalue weighted by atomic mass is 79.9. The summed E-state index contributed by atoms with van der Waals surface area (Å²) in [6, 6.07) is 22.0. The predicted molar refractivity (Wildman–Crippen MR) is 160 cm³/mol. The molecule has 1 aliphatic heterocycles. The van der Waals surface area contributed by atoms with Crippen LogP contribution >= 0.6 is 39.7 Å². The van der Waals surface area contributed by atoms with E-state index in [2.05, 4.69) is 67.7 Å². The van der Waals surface area contributed by atoms with Crippen molar-refractivity contribution in [3.63, 3.8) is 0 Å². The molecule has 9 heteroatoms. The number of rotatable bonds is 8. The fourth-order valence-corrected chi connectivity index (χ4v) is 6.00. The summed E-state index contributed by atoms with van der Waals surface area (Å²) in [5.74, 6) is 0.608. The molecule has 6 nitrogen and oxygen atoms in total. The molecule has 0 unspecified atom stereocenters. The number of hydrogen-bond donors (Lipinski definition) is 1. The third-order valence-corrected chi connectivity index (χ3v) is 7.80. The molecule has 2 aromatic carbocycles. The van der Waals surface area contributed by atoms with E-state index in [1.165, 1.54) is 0 Å². The van der Waals surface area contributed by atoms with Gasteiger partial charge in [0.2, 0.25) is 0 Å². The summed E-state index contributed by atoms with van der Waals surface area (Å²) in [5, 5.41) is 4.66. The van der Waals surface area contributed by atoms with Gasteiger partial charge >= 0.3 is 0 Å². The first kappa shape index (κ1) is 26.7. The third-order valence-electron chi connectivity index (χ3n) is 6.69. The fraction of sp³-hybridized carbons (Fsp3) is 0.241. The summed E-state index contributed by atoms with van der Waals surface area (Å²) < 4.78 is 14.2. The van der Waals surface area contributed by atoms with Crippen molar-refractivity contribution in [3.8, 4) is 11.4 Å². The lowest BCUT2D eigenvalue weighted by Crippen LogP contribution is -2.29. The van der Waals surface area contributed by atoms with Crippen LogP contribution in [0.15, 0.2) is 77.4 Å². The van der Waals surface area contributed by atoms with E-state index in [1.807, 2.05) is 54.7 Å². The van der Waals surface area contributed by atoms with E-state index < -0.39 is 0 Å². The molecular weight excluding hydrogens is 584 g/mol. The van der Waals surface area contributed by atoms with Crippen LogP contribution in [0.2, 0.25) is 5.02 Å². The number of halogens is 2. The Morgan fingerprint density at radius 3 is 2.58 bits per heavy atom. The third kappa shape index (κ3) is 5.18. The Kier molecular flexibility index (Phi) is 8.04. The Bertz CT molecular complexity index is 1460. The van der Waals surface area contributed by atoms with E-state index in [0.29, 0.717) is 29.1 Å². The van der Waals surface area contributed by atoms with E-state index in [4.69, 9.17) is 33.3 Å². The predicted octanol–water partition coefficient (Wildman–Crippen LogP) is 7.11. The maximum atomic E-state index is 6.66. The van der Waals surface area contributed by atoms with Crippen LogP contribution in [0.25, 0.3) is 5.69 Å². The molecule has 5 rings (SSSR count). The summed E-state index contributed by atoms with van der Waals surface area (Å²) >= 11 is 16.2. The molecule has 38 heavy (non-hydrogen) atoms. The number of methoxy groups -OCH3 is 1. The van der Waals surface area contributed by atoms with Crippen LogP contribution in [0.5, 0.6) is 5.75 Å². The Morgan fingerprint density at radius 2 is 1.87 bits per heavy atom. The standard InChI is InChI=1S/C29H28BrClN4O2S/c1-18-15-23(19(2)34(18)21-8-6-7-20(30)16-21)28-27(25-9-4-5-12-32-25)33-29(38)35(28)22-10-11-26(24(31)17-22)37-14-13-36-3/h4-12,15-17,27-28H,13-14H2,1-3H3,(H,33,38)/t27-,28+/m0/s1. The van der Waals surface area contributed by atoms with Gasteiger partial charge in [-0.2, -0.15) is 0 Å². The molecule has 0 amide bonds. The maximum absolute atomic E-state index is 6.66. The van der Waals surface area contributed by atoms with Gasteiger partial charge in [-0.05, 0) is 86.2 Å². The Morgan fingerprint density at radius 1 is 1.03 bits per heavy atom. The molecule has 1 fully saturated rings. The Balaban J connectivity index is 1.61. The van der Waals surface area contributed by atoms with Gasteiger partial charge in [0.15, 0.2) is 5.11 Å². The lowest BCUT2D eigenvalue weighted by atomic mass is 9.96. The molecule has 2 aromatic heterocycles. The number of anilines is 1. The van der Waals surface area contributed by atoms with Crippen LogP contribution in [-0.2, 0) is 4.74 Å². The van der Waals surface area contributed by atoms with E-state index >= 15 is 0 Å². The minimum atomic E-state index is -0.156. The zero-order chi connectivity index (χ0) is 26.8. The normalized spacial score (nSPS) is 17.1. The van der Waals surface area contributed by atoms with Gasteiger partial charge in [-0.15, -0.1) is 0 Å². The van der Waals surface area contributed by atoms with E-state index in [9.17, 15) is 0 Å². The first-order valence-electron chi connectivity index (χ1n) is 12.3. The van der Waals surface area contributed by atoms with Gasteiger partial charge in [0.1, 0.15) is 12.4 Å². The monoisotopic (exact) mass is 610 g/mol. The number of nitrogens with zero attached hydrogens (tertiary/aromatic N) is 3. The van der Waals surface area contributed by atoms with E-state index in [1.54, 1.807) is 7.11 Å². The minimum absolute atomic E-state index is 0.152. The lowest BCUT2D eigenvalue weighted by Gasteiger charge is -2.28. The zero-order valence-electron chi connectivity index (χ0n) is 21.3. The number of aryl methyl sites for hydroxylation is 1. The van der Waals surface area contributed by atoms with Crippen LogP contribution < -0.4 is 15.0 Å². The van der Waals surface area contributed by atoms with Gasteiger partial charge in [-0.1, -0.05) is 39.7 Å². The summed E-state index contributed by atoms with van der Waals surface area (Å²) in [6.45, 7) is 5.18. The first-order chi connectivity index (χ1) is 18.4. The molecule has 3 heterocycles. The van der Waals surface area contributed by atoms with Gasteiger partial charge in [0, 0.05) is 40.5 Å².